The first kappa shape index (κ1) is 18.7. The Morgan fingerprint density at radius 3 is 2.62 bits per heavy atom. The van der Waals surface area contributed by atoms with E-state index in [0.29, 0.717) is 11.3 Å². The van der Waals surface area contributed by atoms with E-state index in [-0.39, 0.29) is 10.7 Å². The maximum absolute atomic E-state index is 13.2. The quantitative estimate of drug-likeness (QED) is 0.516. The van der Waals surface area contributed by atoms with E-state index >= 15 is 0 Å². The average Bonchev–Trinajstić information content (AvgIpc) is 2.95. The molecule has 1 heterocycles. The number of carbonyl (C=O) groups is 1. The number of thiophene rings is 1. The van der Waals surface area contributed by atoms with Crippen molar-refractivity contribution in [1.29, 1.82) is 0 Å². The van der Waals surface area contributed by atoms with Crippen molar-refractivity contribution in [2.24, 2.45) is 0 Å². The average molecular weight is 398 g/mol. The molecule has 1 amide bonds. The number of benzene rings is 2. The van der Waals surface area contributed by atoms with Crippen LogP contribution in [0.25, 0.3) is 10.1 Å². The van der Waals surface area contributed by atoms with Crippen LogP contribution in [0.3, 0.4) is 0 Å². The zero-order chi connectivity index (χ0) is 18.9. The van der Waals surface area contributed by atoms with Crippen LogP contribution in [-0.2, 0) is 12.6 Å². The van der Waals surface area contributed by atoms with Crippen LogP contribution in [0.2, 0.25) is 5.02 Å². The summed E-state index contributed by atoms with van der Waals surface area (Å²) in [5.74, 6) is -0.539. The Balaban J connectivity index is 2.02. The van der Waals surface area contributed by atoms with Crippen molar-refractivity contribution in [2.45, 2.75) is 25.9 Å². The number of aryl methyl sites for hydroxylation is 1. The minimum atomic E-state index is -4.61. The predicted octanol–water partition coefficient (Wildman–Crippen LogP) is 6.78. The number of anilines is 1. The van der Waals surface area contributed by atoms with Crippen LogP contribution < -0.4 is 5.32 Å². The fourth-order valence-corrected chi connectivity index (χ4v) is 4.14. The van der Waals surface area contributed by atoms with Gasteiger partial charge >= 0.3 is 6.18 Å². The minimum Gasteiger partial charge on any atom is -0.321 e. The van der Waals surface area contributed by atoms with Crippen molar-refractivity contribution in [2.75, 3.05) is 5.32 Å². The second-order valence-electron chi connectivity index (χ2n) is 5.80. The molecule has 7 heteroatoms. The standard InChI is InChI=1S/C19H15ClF3NOS/c1-2-5-13-12-6-3-4-7-16(12)26-17(13)18(25)24-15-9-8-11(20)10-14(15)19(21,22)23/h3-4,6-10H,2,5H2,1H3,(H,24,25). The molecule has 0 aliphatic heterocycles. The Hall–Kier alpha value is -2.05. The summed E-state index contributed by atoms with van der Waals surface area (Å²) in [5.41, 5.74) is -0.392. The Bertz CT molecular complexity index is 965. The van der Waals surface area contributed by atoms with E-state index in [1.807, 2.05) is 31.2 Å². The molecule has 0 saturated carbocycles. The van der Waals surface area contributed by atoms with Crippen LogP contribution in [0.15, 0.2) is 42.5 Å². The first-order valence-corrected chi connectivity index (χ1v) is 9.19. The molecule has 2 nitrogen and oxygen atoms in total. The molecule has 0 aliphatic rings. The van der Waals surface area contributed by atoms with Gasteiger partial charge in [0.2, 0.25) is 0 Å². The zero-order valence-corrected chi connectivity index (χ0v) is 15.4. The number of carbonyl (C=O) groups excluding carboxylic acids is 1. The zero-order valence-electron chi connectivity index (χ0n) is 13.8. The predicted molar refractivity (Wildman–Crippen MR) is 100 cm³/mol. The van der Waals surface area contributed by atoms with E-state index in [9.17, 15) is 18.0 Å². The van der Waals surface area contributed by atoms with Gasteiger partial charge in [0.15, 0.2) is 0 Å². The highest BCUT2D eigenvalue weighted by Gasteiger charge is 2.34. The van der Waals surface area contributed by atoms with E-state index in [1.54, 1.807) is 0 Å². The summed E-state index contributed by atoms with van der Waals surface area (Å²) >= 11 is 6.97. The molecule has 3 rings (SSSR count). The third-order valence-corrected chi connectivity index (χ3v) is 5.39. The van der Waals surface area contributed by atoms with E-state index in [1.165, 1.54) is 23.5 Å². The maximum Gasteiger partial charge on any atom is 0.418 e. The summed E-state index contributed by atoms with van der Waals surface area (Å²) < 4.78 is 40.7. The molecular weight excluding hydrogens is 383 g/mol. The minimum absolute atomic E-state index is 0.0381. The summed E-state index contributed by atoms with van der Waals surface area (Å²) in [6.07, 6.45) is -3.10. The highest BCUT2D eigenvalue weighted by atomic mass is 35.5. The molecule has 0 aliphatic carbocycles. The van der Waals surface area contributed by atoms with Crippen molar-refractivity contribution >= 4 is 44.6 Å². The van der Waals surface area contributed by atoms with Crippen molar-refractivity contribution < 1.29 is 18.0 Å². The van der Waals surface area contributed by atoms with E-state index < -0.39 is 17.6 Å². The van der Waals surface area contributed by atoms with Gasteiger partial charge in [-0.3, -0.25) is 4.79 Å². The smallest absolute Gasteiger partial charge is 0.321 e. The van der Waals surface area contributed by atoms with Crippen LogP contribution in [0.5, 0.6) is 0 Å². The van der Waals surface area contributed by atoms with Gasteiger partial charge in [-0.2, -0.15) is 13.2 Å². The number of hydrogen-bond donors (Lipinski definition) is 1. The van der Waals surface area contributed by atoms with E-state index in [2.05, 4.69) is 5.32 Å². The van der Waals surface area contributed by atoms with Crippen molar-refractivity contribution in [3.05, 3.63) is 63.5 Å². The fourth-order valence-electron chi connectivity index (χ4n) is 2.82. The number of fused-ring (bicyclic) bond motifs is 1. The molecular formula is C19H15ClF3NOS. The molecule has 1 N–H and O–H groups in total. The monoisotopic (exact) mass is 397 g/mol. The maximum atomic E-state index is 13.2. The van der Waals surface area contributed by atoms with E-state index in [0.717, 1.165) is 28.1 Å². The first-order valence-electron chi connectivity index (χ1n) is 7.99. The van der Waals surface area contributed by atoms with Gasteiger partial charge < -0.3 is 5.32 Å². The topological polar surface area (TPSA) is 29.1 Å². The molecule has 0 unspecified atom stereocenters. The second-order valence-corrected chi connectivity index (χ2v) is 7.29. The van der Waals surface area contributed by atoms with Gasteiger partial charge in [-0.05, 0) is 41.6 Å². The molecule has 0 atom stereocenters. The molecule has 0 bridgehead atoms. The normalized spacial score (nSPS) is 11.7. The Labute approximate surface area is 157 Å². The van der Waals surface area contributed by atoms with Gasteiger partial charge in [-0.1, -0.05) is 43.1 Å². The lowest BCUT2D eigenvalue weighted by atomic mass is 10.1. The van der Waals surface area contributed by atoms with Crippen molar-refractivity contribution in [3.8, 4) is 0 Å². The first-order chi connectivity index (χ1) is 12.3. The van der Waals surface area contributed by atoms with Gasteiger partial charge in [0.05, 0.1) is 16.1 Å². The van der Waals surface area contributed by atoms with E-state index in [4.69, 9.17) is 11.6 Å². The lowest BCUT2D eigenvalue weighted by Crippen LogP contribution is -2.17. The molecule has 0 saturated heterocycles. The summed E-state index contributed by atoms with van der Waals surface area (Å²) in [4.78, 5) is 13.2. The lowest BCUT2D eigenvalue weighted by molar-refractivity contribution is -0.136. The fraction of sp³-hybridized carbons (Fsp3) is 0.211. The number of nitrogens with one attached hydrogen (secondary N) is 1. The molecule has 136 valence electrons. The van der Waals surface area contributed by atoms with Crippen LogP contribution in [0.4, 0.5) is 18.9 Å². The summed E-state index contributed by atoms with van der Waals surface area (Å²) in [5, 5.41) is 3.34. The third kappa shape index (κ3) is 3.71. The number of hydrogen-bond acceptors (Lipinski definition) is 2. The van der Waals surface area contributed by atoms with Gasteiger partial charge in [-0.15, -0.1) is 11.3 Å². The van der Waals surface area contributed by atoms with Crippen LogP contribution >= 0.6 is 22.9 Å². The summed E-state index contributed by atoms with van der Waals surface area (Å²) in [6, 6.07) is 10.9. The second kappa shape index (κ2) is 7.29. The number of rotatable bonds is 4. The summed E-state index contributed by atoms with van der Waals surface area (Å²) in [6.45, 7) is 2.00. The summed E-state index contributed by atoms with van der Waals surface area (Å²) in [7, 11) is 0. The Morgan fingerprint density at radius 2 is 1.92 bits per heavy atom. The van der Waals surface area contributed by atoms with Crippen molar-refractivity contribution in [1.82, 2.24) is 0 Å². The molecule has 0 fully saturated rings. The number of amides is 1. The largest absolute Gasteiger partial charge is 0.418 e. The van der Waals surface area contributed by atoms with Crippen LogP contribution in [-0.4, -0.2) is 5.91 Å². The van der Waals surface area contributed by atoms with Gasteiger partial charge in [0.1, 0.15) is 0 Å². The number of halogens is 4. The van der Waals surface area contributed by atoms with Gasteiger partial charge in [0, 0.05) is 9.72 Å². The van der Waals surface area contributed by atoms with Crippen LogP contribution in [0, 0.1) is 0 Å². The lowest BCUT2D eigenvalue weighted by Gasteiger charge is -2.14. The molecule has 0 radical (unpaired) electrons. The van der Waals surface area contributed by atoms with Gasteiger partial charge in [-0.25, -0.2) is 0 Å². The van der Waals surface area contributed by atoms with Gasteiger partial charge in [0.25, 0.3) is 5.91 Å². The molecule has 1 aromatic heterocycles. The third-order valence-electron chi connectivity index (χ3n) is 3.94. The molecule has 0 spiro atoms. The molecule has 3 aromatic rings. The van der Waals surface area contributed by atoms with Crippen LogP contribution in [0.1, 0.15) is 34.1 Å². The highest BCUT2D eigenvalue weighted by Crippen LogP contribution is 2.38. The molecule has 2 aromatic carbocycles. The highest BCUT2D eigenvalue weighted by molar-refractivity contribution is 7.21. The number of alkyl halides is 3. The Morgan fingerprint density at radius 1 is 1.19 bits per heavy atom. The molecule has 26 heavy (non-hydrogen) atoms. The Kier molecular flexibility index (Phi) is 5.25. The SMILES string of the molecule is CCCc1c(C(=O)Nc2ccc(Cl)cc2C(F)(F)F)sc2ccccc12. The van der Waals surface area contributed by atoms with Crippen molar-refractivity contribution in [3.63, 3.8) is 0 Å².